The molecule has 3 rings (SSSR count). The van der Waals surface area contributed by atoms with Gasteiger partial charge in [-0.25, -0.2) is 10.8 Å². The molecule has 1 amide bonds. The standard InChI is InChI=1S/C24H33N7O3.C2H6/c1-17-15-18(2)31-9-7-21(23(31)28-17)24(32)29-20-5-3-19(4-6-20)22(26)16-30(27)10-12-34-14-13-33-11-8-25;1-2/h3-7,9,15-16H,8,10-14,25-27H2,1-2H3,(H,29,32);1-2H3/b22-16-;. The van der Waals surface area contributed by atoms with Gasteiger partial charge in [0, 0.05) is 36.0 Å². The zero-order valence-corrected chi connectivity index (χ0v) is 21.7. The van der Waals surface area contributed by atoms with Crippen molar-refractivity contribution in [1.29, 1.82) is 0 Å². The molecule has 1 aromatic carbocycles. The van der Waals surface area contributed by atoms with Gasteiger partial charge in [0.15, 0.2) is 0 Å². The predicted octanol–water partition coefficient (Wildman–Crippen LogP) is 2.65. The van der Waals surface area contributed by atoms with Crippen molar-refractivity contribution in [3.05, 3.63) is 71.3 Å². The number of nitrogens with one attached hydrogen (secondary N) is 1. The van der Waals surface area contributed by atoms with Crippen LogP contribution in [0.15, 0.2) is 48.8 Å². The molecule has 0 fully saturated rings. The Morgan fingerprint density at radius 2 is 1.75 bits per heavy atom. The van der Waals surface area contributed by atoms with Gasteiger partial charge in [-0.05, 0) is 43.7 Å². The minimum absolute atomic E-state index is 0.224. The van der Waals surface area contributed by atoms with E-state index in [9.17, 15) is 4.79 Å². The lowest BCUT2D eigenvalue weighted by molar-refractivity contribution is 0.0452. The number of nitrogens with zero attached hydrogens (tertiary/aromatic N) is 3. The number of hydrazine groups is 1. The molecule has 2 aromatic heterocycles. The molecule has 0 saturated carbocycles. The number of amides is 1. The fourth-order valence-corrected chi connectivity index (χ4v) is 3.41. The van der Waals surface area contributed by atoms with Crippen LogP contribution in [0.1, 0.15) is 41.2 Å². The van der Waals surface area contributed by atoms with E-state index in [1.54, 1.807) is 24.4 Å². The topological polar surface area (TPSA) is 146 Å². The Morgan fingerprint density at radius 1 is 1.08 bits per heavy atom. The highest BCUT2D eigenvalue weighted by Gasteiger charge is 2.14. The highest BCUT2D eigenvalue weighted by atomic mass is 16.5. The highest BCUT2D eigenvalue weighted by molar-refractivity contribution is 6.08. The van der Waals surface area contributed by atoms with E-state index in [0.29, 0.717) is 62.1 Å². The van der Waals surface area contributed by atoms with Crippen LogP contribution in [0.25, 0.3) is 11.3 Å². The number of fused-ring (bicyclic) bond motifs is 1. The second-order valence-electron chi connectivity index (χ2n) is 7.83. The number of carbonyl (C=O) groups is 1. The minimum atomic E-state index is -0.224. The first kappa shape index (κ1) is 28.8. The van der Waals surface area contributed by atoms with Crippen LogP contribution >= 0.6 is 0 Å². The maximum atomic E-state index is 12.8. The molecule has 0 radical (unpaired) electrons. The summed E-state index contributed by atoms with van der Waals surface area (Å²) in [7, 11) is 0. The number of hydrogen-bond donors (Lipinski definition) is 4. The number of rotatable bonds is 12. The number of ether oxygens (including phenoxy) is 2. The Morgan fingerprint density at radius 3 is 2.42 bits per heavy atom. The summed E-state index contributed by atoms with van der Waals surface area (Å²) in [6.45, 7) is 10.8. The molecule has 10 heteroatoms. The fourth-order valence-electron chi connectivity index (χ4n) is 3.41. The number of aromatic nitrogens is 2. The maximum Gasteiger partial charge on any atom is 0.259 e. The zero-order chi connectivity index (χ0) is 26.5. The van der Waals surface area contributed by atoms with Crippen LogP contribution in [0.2, 0.25) is 0 Å². The third-order valence-electron chi connectivity index (χ3n) is 5.09. The Balaban J connectivity index is 0.00000222. The molecule has 36 heavy (non-hydrogen) atoms. The van der Waals surface area contributed by atoms with E-state index < -0.39 is 0 Å². The van der Waals surface area contributed by atoms with Crippen LogP contribution in [-0.4, -0.2) is 59.8 Å². The molecule has 10 nitrogen and oxygen atoms in total. The minimum Gasteiger partial charge on any atom is -0.397 e. The maximum absolute atomic E-state index is 12.8. The number of aryl methyl sites for hydroxylation is 2. The first-order valence-corrected chi connectivity index (χ1v) is 12.1. The van der Waals surface area contributed by atoms with E-state index in [1.807, 2.05) is 56.5 Å². The molecule has 0 unspecified atom stereocenters. The van der Waals surface area contributed by atoms with E-state index >= 15 is 0 Å². The molecule has 0 aliphatic rings. The third-order valence-corrected chi connectivity index (χ3v) is 5.09. The summed E-state index contributed by atoms with van der Waals surface area (Å²) >= 11 is 0. The van der Waals surface area contributed by atoms with Gasteiger partial charge in [0.1, 0.15) is 5.65 Å². The fraction of sp³-hybridized carbons (Fsp3) is 0.385. The SMILES string of the molecule is CC.Cc1cc(C)n2ccc(C(=O)Nc3ccc(/C(N)=C/N(N)CCOCCOCCN)cc3)c2n1. The van der Waals surface area contributed by atoms with Crippen molar-refractivity contribution in [2.75, 3.05) is 44.8 Å². The van der Waals surface area contributed by atoms with Gasteiger partial charge in [-0.1, -0.05) is 26.0 Å². The highest BCUT2D eigenvalue weighted by Crippen LogP contribution is 2.18. The van der Waals surface area contributed by atoms with Crippen molar-refractivity contribution in [1.82, 2.24) is 14.4 Å². The largest absolute Gasteiger partial charge is 0.397 e. The smallest absolute Gasteiger partial charge is 0.259 e. The normalized spacial score (nSPS) is 11.2. The Kier molecular flexibility index (Phi) is 11.9. The first-order chi connectivity index (χ1) is 17.4. The van der Waals surface area contributed by atoms with Crippen LogP contribution in [0.5, 0.6) is 0 Å². The summed E-state index contributed by atoms with van der Waals surface area (Å²) < 4.78 is 12.6. The van der Waals surface area contributed by atoms with Gasteiger partial charge in [0.25, 0.3) is 5.91 Å². The monoisotopic (exact) mass is 497 g/mol. The van der Waals surface area contributed by atoms with Crippen LogP contribution in [0.3, 0.4) is 0 Å². The van der Waals surface area contributed by atoms with E-state index in [-0.39, 0.29) is 5.91 Å². The summed E-state index contributed by atoms with van der Waals surface area (Å²) in [5.74, 6) is 5.75. The quantitative estimate of drug-likeness (QED) is 0.170. The second-order valence-corrected chi connectivity index (χ2v) is 7.83. The summed E-state index contributed by atoms with van der Waals surface area (Å²) in [6, 6.07) is 11.0. The molecular formula is C26H39N7O3. The Hall–Kier alpha value is -3.44. The van der Waals surface area contributed by atoms with Gasteiger partial charge in [0.05, 0.1) is 44.2 Å². The average Bonchev–Trinajstić information content (AvgIpc) is 3.29. The second kappa shape index (κ2) is 14.8. The number of benzene rings is 1. The lowest BCUT2D eigenvalue weighted by Crippen LogP contribution is -2.30. The molecule has 0 aliphatic carbocycles. The molecular weight excluding hydrogens is 458 g/mol. The Bertz CT molecular complexity index is 1130. The van der Waals surface area contributed by atoms with Crippen LogP contribution < -0.4 is 22.6 Å². The lowest BCUT2D eigenvalue weighted by Gasteiger charge is -2.15. The van der Waals surface area contributed by atoms with Gasteiger partial charge >= 0.3 is 0 Å². The number of nitrogens with two attached hydrogens (primary N) is 3. The van der Waals surface area contributed by atoms with Gasteiger partial charge in [-0.3, -0.25) is 4.79 Å². The van der Waals surface area contributed by atoms with Gasteiger partial charge in [-0.2, -0.15) is 0 Å². The average molecular weight is 498 g/mol. The molecule has 7 N–H and O–H groups in total. The molecule has 0 bridgehead atoms. The molecule has 196 valence electrons. The Labute approximate surface area is 213 Å². The first-order valence-electron chi connectivity index (χ1n) is 12.1. The van der Waals surface area contributed by atoms with E-state index in [4.69, 9.17) is 26.8 Å². The van der Waals surface area contributed by atoms with Gasteiger partial charge in [0.2, 0.25) is 0 Å². The number of carbonyl (C=O) groups excluding carboxylic acids is 1. The number of anilines is 1. The molecule has 3 aromatic rings. The number of hydrogen-bond acceptors (Lipinski definition) is 8. The van der Waals surface area contributed by atoms with Crippen molar-refractivity contribution in [2.24, 2.45) is 17.3 Å². The third kappa shape index (κ3) is 8.35. The van der Waals surface area contributed by atoms with Crippen molar-refractivity contribution in [3.8, 4) is 0 Å². The van der Waals surface area contributed by atoms with Crippen molar-refractivity contribution in [3.63, 3.8) is 0 Å². The van der Waals surface area contributed by atoms with Crippen molar-refractivity contribution in [2.45, 2.75) is 27.7 Å². The lowest BCUT2D eigenvalue weighted by atomic mass is 10.1. The van der Waals surface area contributed by atoms with E-state index in [1.165, 1.54) is 5.01 Å². The van der Waals surface area contributed by atoms with E-state index in [0.717, 1.165) is 17.0 Å². The molecule has 0 saturated heterocycles. The molecule has 0 aliphatic heterocycles. The summed E-state index contributed by atoms with van der Waals surface area (Å²) in [5, 5.41) is 4.39. The van der Waals surface area contributed by atoms with Gasteiger partial charge in [-0.15, -0.1) is 0 Å². The predicted molar refractivity (Wildman–Crippen MR) is 144 cm³/mol. The van der Waals surface area contributed by atoms with Crippen LogP contribution in [-0.2, 0) is 9.47 Å². The summed E-state index contributed by atoms with van der Waals surface area (Å²) in [5.41, 5.74) is 16.5. The van der Waals surface area contributed by atoms with Gasteiger partial charge < -0.3 is 35.7 Å². The molecule has 0 spiro atoms. The van der Waals surface area contributed by atoms with Crippen molar-refractivity contribution >= 4 is 22.9 Å². The van der Waals surface area contributed by atoms with Crippen molar-refractivity contribution < 1.29 is 14.3 Å². The molecule has 2 heterocycles. The molecule has 0 atom stereocenters. The summed E-state index contributed by atoms with van der Waals surface area (Å²) in [6.07, 6.45) is 3.49. The van der Waals surface area contributed by atoms with Crippen LogP contribution in [0.4, 0.5) is 5.69 Å². The van der Waals surface area contributed by atoms with E-state index in [2.05, 4.69) is 10.3 Å². The van der Waals surface area contributed by atoms with Crippen LogP contribution in [0, 0.1) is 13.8 Å². The summed E-state index contributed by atoms with van der Waals surface area (Å²) in [4.78, 5) is 17.3. The zero-order valence-electron chi connectivity index (χ0n) is 21.7.